The van der Waals surface area contributed by atoms with E-state index >= 15 is 0 Å². The quantitative estimate of drug-likeness (QED) is 0.709. The molecule has 10 heteroatoms. The molecule has 2 amide bonds. The molecule has 1 aliphatic rings. The van der Waals surface area contributed by atoms with Crippen molar-refractivity contribution in [3.05, 3.63) is 54.4 Å². The van der Waals surface area contributed by atoms with Crippen LogP contribution in [-0.4, -0.2) is 61.4 Å². The number of ether oxygens (including phenoxy) is 1. The molecule has 0 aliphatic carbocycles. The van der Waals surface area contributed by atoms with Gasteiger partial charge in [0.15, 0.2) is 0 Å². The summed E-state index contributed by atoms with van der Waals surface area (Å²) < 4.78 is 32.7. The Labute approximate surface area is 175 Å². The van der Waals surface area contributed by atoms with E-state index in [4.69, 9.17) is 4.74 Å². The Bertz CT molecular complexity index is 986. The third kappa shape index (κ3) is 5.41. The summed E-state index contributed by atoms with van der Waals surface area (Å²) in [5, 5.41) is 5.11. The Morgan fingerprint density at radius 1 is 1.13 bits per heavy atom. The van der Waals surface area contributed by atoms with E-state index in [1.807, 2.05) is 13.8 Å². The number of anilines is 1. The minimum atomic E-state index is -3.68. The second kappa shape index (κ2) is 9.33. The van der Waals surface area contributed by atoms with E-state index in [1.54, 1.807) is 18.3 Å². The zero-order valence-electron chi connectivity index (χ0n) is 16.7. The predicted octanol–water partition coefficient (Wildman–Crippen LogP) is 1.25. The SMILES string of the molecule is CC1CN(S(=O)(=O)c2ccc(C(=O)NCC(=O)Nc3cccnc3)cc2)CC(C)O1. The maximum atomic E-state index is 12.9. The van der Waals surface area contributed by atoms with Gasteiger partial charge in [0.05, 0.1) is 35.5 Å². The van der Waals surface area contributed by atoms with Gasteiger partial charge < -0.3 is 15.4 Å². The zero-order valence-corrected chi connectivity index (χ0v) is 17.6. The number of pyridine rings is 1. The third-order valence-electron chi connectivity index (χ3n) is 4.50. The first-order valence-corrected chi connectivity index (χ1v) is 10.9. The average molecular weight is 433 g/mol. The molecule has 1 saturated heterocycles. The first-order valence-electron chi connectivity index (χ1n) is 9.49. The Morgan fingerprint density at radius 2 is 1.80 bits per heavy atom. The molecule has 160 valence electrons. The van der Waals surface area contributed by atoms with Gasteiger partial charge in [0, 0.05) is 24.8 Å². The van der Waals surface area contributed by atoms with Crippen molar-refractivity contribution in [2.24, 2.45) is 0 Å². The molecular weight excluding hydrogens is 408 g/mol. The topological polar surface area (TPSA) is 118 Å². The molecule has 1 aliphatic heterocycles. The number of benzene rings is 1. The fraction of sp³-hybridized carbons (Fsp3) is 0.350. The second-order valence-corrected chi connectivity index (χ2v) is 9.01. The third-order valence-corrected chi connectivity index (χ3v) is 6.34. The number of sulfonamides is 1. The minimum Gasteiger partial charge on any atom is -0.373 e. The highest BCUT2D eigenvalue weighted by atomic mass is 32.2. The van der Waals surface area contributed by atoms with Crippen LogP contribution in [0.15, 0.2) is 53.7 Å². The van der Waals surface area contributed by atoms with Gasteiger partial charge in [-0.1, -0.05) is 0 Å². The highest BCUT2D eigenvalue weighted by Gasteiger charge is 2.32. The molecule has 2 unspecified atom stereocenters. The molecule has 0 spiro atoms. The van der Waals surface area contributed by atoms with Crippen molar-refractivity contribution >= 4 is 27.5 Å². The Hall–Kier alpha value is -2.82. The molecule has 2 heterocycles. The molecule has 1 aromatic heterocycles. The first-order chi connectivity index (χ1) is 14.3. The number of hydrogen-bond donors (Lipinski definition) is 2. The van der Waals surface area contributed by atoms with Crippen molar-refractivity contribution in [2.45, 2.75) is 31.0 Å². The number of nitrogens with one attached hydrogen (secondary N) is 2. The number of rotatable bonds is 6. The summed E-state index contributed by atoms with van der Waals surface area (Å²) in [6.45, 7) is 3.99. The van der Waals surface area contributed by atoms with Crippen LogP contribution in [0.4, 0.5) is 5.69 Å². The van der Waals surface area contributed by atoms with Crippen LogP contribution in [0.2, 0.25) is 0 Å². The van der Waals surface area contributed by atoms with E-state index < -0.39 is 21.8 Å². The van der Waals surface area contributed by atoms with E-state index in [-0.39, 0.29) is 42.3 Å². The largest absolute Gasteiger partial charge is 0.373 e. The highest BCUT2D eigenvalue weighted by Crippen LogP contribution is 2.21. The lowest BCUT2D eigenvalue weighted by atomic mass is 10.2. The predicted molar refractivity (Wildman–Crippen MR) is 110 cm³/mol. The van der Waals surface area contributed by atoms with Crippen LogP contribution in [0.3, 0.4) is 0 Å². The molecule has 3 rings (SSSR count). The number of carbonyl (C=O) groups excluding carboxylic acids is 2. The van der Waals surface area contributed by atoms with Gasteiger partial charge in [-0.15, -0.1) is 0 Å². The molecule has 9 nitrogen and oxygen atoms in total. The zero-order chi connectivity index (χ0) is 21.7. The molecule has 0 saturated carbocycles. The standard InChI is InChI=1S/C20H24N4O5S/c1-14-12-24(13-15(2)29-14)30(27,28)18-7-5-16(6-8-18)20(26)22-11-19(25)23-17-4-3-9-21-10-17/h3-10,14-15H,11-13H2,1-2H3,(H,22,26)(H,23,25). The van der Waals surface area contributed by atoms with Crippen molar-refractivity contribution in [3.63, 3.8) is 0 Å². The number of carbonyl (C=O) groups is 2. The number of morpholine rings is 1. The van der Waals surface area contributed by atoms with Crippen LogP contribution in [0.25, 0.3) is 0 Å². The molecule has 0 bridgehead atoms. The Balaban J connectivity index is 1.59. The van der Waals surface area contributed by atoms with Crippen LogP contribution < -0.4 is 10.6 Å². The molecular formula is C20H24N4O5S. The lowest BCUT2D eigenvalue weighted by molar-refractivity contribution is -0.115. The number of amides is 2. The lowest BCUT2D eigenvalue weighted by Crippen LogP contribution is -2.48. The summed E-state index contributed by atoms with van der Waals surface area (Å²) in [6, 6.07) is 9.00. The fourth-order valence-electron chi connectivity index (χ4n) is 3.16. The summed E-state index contributed by atoms with van der Waals surface area (Å²) in [7, 11) is -3.68. The van der Waals surface area contributed by atoms with Crippen LogP contribution >= 0.6 is 0 Å². The minimum absolute atomic E-state index is 0.106. The molecule has 2 N–H and O–H groups in total. The van der Waals surface area contributed by atoms with Crippen LogP contribution in [0.5, 0.6) is 0 Å². The lowest BCUT2D eigenvalue weighted by Gasteiger charge is -2.34. The van der Waals surface area contributed by atoms with E-state index in [0.29, 0.717) is 5.69 Å². The number of aromatic nitrogens is 1. The van der Waals surface area contributed by atoms with Gasteiger partial charge in [-0.25, -0.2) is 8.42 Å². The monoisotopic (exact) mass is 432 g/mol. The summed E-state index contributed by atoms with van der Waals surface area (Å²) in [6.07, 6.45) is 2.70. The van der Waals surface area contributed by atoms with Crippen molar-refractivity contribution < 1.29 is 22.7 Å². The maximum Gasteiger partial charge on any atom is 0.251 e. The highest BCUT2D eigenvalue weighted by molar-refractivity contribution is 7.89. The average Bonchev–Trinajstić information content (AvgIpc) is 2.72. The fourth-order valence-corrected chi connectivity index (χ4v) is 4.75. The summed E-state index contributed by atoms with van der Waals surface area (Å²) in [4.78, 5) is 28.2. The maximum absolute atomic E-state index is 12.9. The van der Waals surface area contributed by atoms with Gasteiger partial charge in [0.25, 0.3) is 5.91 Å². The second-order valence-electron chi connectivity index (χ2n) is 7.08. The molecule has 30 heavy (non-hydrogen) atoms. The van der Waals surface area contributed by atoms with Crippen LogP contribution in [0, 0.1) is 0 Å². The first kappa shape index (κ1) is 21.9. The summed E-state index contributed by atoms with van der Waals surface area (Å²) in [5.74, 6) is -0.875. The van der Waals surface area contributed by atoms with Gasteiger partial charge in [-0.2, -0.15) is 4.31 Å². The molecule has 0 radical (unpaired) electrons. The van der Waals surface area contributed by atoms with Crippen LogP contribution in [0.1, 0.15) is 24.2 Å². The van der Waals surface area contributed by atoms with Gasteiger partial charge in [0.2, 0.25) is 15.9 Å². The van der Waals surface area contributed by atoms with Crippen molar-refractivity contribution in [1.29, 1.82) is 0 Å². The van der Waals surface area contributed by atoms with Crippen molar-refractivity contribution in [3.8, 4) is 0 Å². The van der Waals surface area contributed by atoms with Gasteiger partial charge >= 0.3 is 0 Å². The van der Waals surface area contributed by atoms with Gasteiger partial charge in [0.1, 0.15) is 0 Å². The Kier molecular flexibility index (Phi) is 6.80. The smallest absolute Gasteiger partial charge is 0.251 e. The van der Waals surface area contributed by atoms with Crippen molar-refractivity contribution in [2.75, 3.05) is 25.0 Å². The summed E-state index contributed by atoms with van der Waals surface area (Å²) in [5.41, 5.74) is 0.782. The van der Waals surface area contributed by atoms with E-state index in [0.717, 1.165) is 0 Å². The van der Waals surface area contributed by atoms with Gasteiger partial charge in [-0.05, 0) is 50.2 Å². The Morgan fingerprint density at radius 3 is 2.40 bits per heavy atom. The molecule has 2 atom stereocenters. The summed E-state index contributed by atoms with van der Waals surface area (Å²) >= 11 is 0. The molecule has 1 aromatic carbocycles. The molecule has 2 aromatic rings. The van der Waals surface area contributed by atoms with E-state index in [2.05, 4.69) is 15.6 Å². The molecule has 1 fully saturated rings. The number of nitrogens with zero attached hydrogens (tertiary/aromatic N) is 2. The van der Waals surface area contributed by atoms with E-state index in [9.17, 15) is 18.0 Å². The van der Waals surface area contributed by atoms with Gasteiger partial charge in [-0.3, -0.25) is 14.6 Å². The van der Waals surface area contributed by atoms with E-state index in [1.165, 1.54) is 34.8 Å². The normalized spacial score (nSPS) is 19.8. The van der Waals surface area contributed by atoms with Crippen LogP contribution in [-0.2, 0) is 19.6 Å². The van der Waals surface area contributed by atoms with Crippen molar-refractivity contribution in [1.82, 2.24) is 14.6 Å². The number of hydrogen-bond acceptors (Lipinski definition) is 6.